The van der Waals surface area contributed by atoms with E-state index in [1.165, 1.54) is 28.2 Å². The van der Waals surface area contributed by atoms with Crippen LogP contribution < -0.4 is 5.32 Å². The Labute approximate surface area is 133 Å². The molecule has 1 aliphatic heterocycles. The monoisotopic (exact) mass is 336 g/mol. The zero-order valence-corrected chi connectivity index (χ0v) is 13.7. The maximum Gasteiger partial charge on any atom is 0.243 e. The van der Waals surface area contributed by atoms with Gasteiger partial charge in [-0.25, -0.2) is 8.42 Å². The minimum atomic E-state index is -3.50. The van der Waals surface area contributed by atoms with Crippen molar-refractivity contribution in [2.75, 3.05) is 11.9 Å². The van der Waals surface area contributed by atoms with Crippen molar-refractivity contribution in [2.24, 2.45) is 0 Å². The number of hydrogen-bond acceptors (Lipinski definition) is 4. The van der Waals surface area contributed by atoms with Gasteiger partial charge in [-0.15, -0.1) is 11.3 Å². The van der Waals surface area contributed by atoms with Crippen LogP contribution in [0.25, 0.3) is 0 Å². The van der Waals surface area contributed by atoms with Crippen molar-refractivity contribution in [3.63, 3.8) is 0 Å². The van der Waals surface area contributed by atoms with Crippen LogP contribution in [0.4, 0.5) is 5.69 Å². The Morgan fingerprint density at radius 3 is 2.64 bits per heavy atom. The summed E-state index contributed by atoms with van der Waals surface area (Å²) < 4.78 is 26.9. The van der Waals surface area contributed by atoms with E-state index < -0.39 is 10.0 Å². The maximum atomic E-state index is 12.7. The van der Waals surface area contributed by atoms with Crippen LogP contribution in [0, 0.1) is 0 Å². The molecule has 0 spiro atoms. The average molecular weight is 336 g/mol. The van der Waals surface area contributed by atoms with Crippen LogP contribution in [0.2, 0.25) is 0 Å². The predicted octanol–water partition coefficient (Wildman–Crippen LogP) is 2.45. The third-order valence-electron chi connectivity index (χ3n) is 3.59. The Bertz CT molecular complexity index is 794. The summed E-state index contributed by atoms with van der Waals surface area (Å²) >= 11 is 1.68. The number of carbonyl (C=O) groups is 1. The van der Waals surface area contributed by atoms with Gasteiger partial charge in [0.1, 0.15) is 0 Å². The molecular formula is C15H16N2O3S2. The summed E-state index contributed by atoms with van der Waals surface area (Å²) in [7, 11) is -3.50. The number of anilines is 1. The zero-order valence-electron chi connectivity index (χ0n) is 12.1. The fourth-order valence-electron chi connectivity index (χ4n) is 2.49. The lowest BCUT2D eigenvalue weighted by Gasteiger charge is -2.26. The van der Waals surface area contributed by atoms with Crippen molar-refractivity contribution in [1.82, 2.24) is 4.31 Å². The molecule has 0 unspecified atom stereocenters. The molecule has 3 rings (SSSR count). The summed E-state index contributed by atoms with van der Waals surface area (Å²) in [5.41, 5.74) is 1.68. The number of nitrogens with one attached hydrogen (secondary N) is 1. The number of fused-ring (bicyclic) bond motifs is 1. The van der Waals surface area contributed by atoms with Gasteiger partial charge in [0.15, 0.2) is 0 Å². The predicted molar refractivity (Wildman–Crippen MR) is 86.4 cm³/mol. The molecule has 1 N–H and O–H groups in total. The van der Waals surface area contributed by atoms with E-state index in [-0.39, 0.29) is 10.8 Å². The highest BCUT2D eigenvalue weighted by atomic mass is 32.2. The van der Waals surface area contributed by atoms with Gasteiger partial charge < -0.3 is 5.32 Å². The normalized spacial score (nSPS) is 15.3. The SMILES string of the molecule is CC(=O)Nc1ccc(S(=O)(=O)N2CCc3sccc3C2)cc1. The second-order valence-electron chi connectivity index (χ2n) is 5.16. The summed E-state index contributed by atoms with van der Waals surface area (Å²) in [5.74, 6) is -0.184. The maximum absolute atomic E-state index is 12.7. The van der Waals surface area contributed by atoms with Crippen LogP contribution in [0.3, 0.4) is 0 Å². The number of thiophene rings is 1. The standard InChI is InChI=1S/C15H16N2O3S2/c1-11(18)16-13-2-4-14(5-3-13)22(19,20)17-8-6-15-12(10-17)7-9-21-15/h2-5,7,9H,6,8,10H2,1H3,(H,16,18). The molecule has 2 aromatic rings. The van der Waals surface area contributed by atoms with E-state index in [4.69, 9.17) is 0 Å². The molecule has 0 saturated carbocycles. The number of nitrogens with zero attached hydrogens (tertiary/aromatic N) is 1. The molecule has 5 nitrogen and oxygen atoms in total. The molecule has 7 heteroatoms. The van der Waals surface area contributed by atoms with Gasteiger partial charge in [-0.3, -0.25) is 4.79 Å². The summed E-state index contributed by atoms with van der Waals surface area (Å²) in [6, 6.07) is 8.26. The number of benzene rings is 1. The van der Waals surface area contributed by atoms with E-state index in [0.29, 0.717) is 18.8 Å². The third-order valence-corrected chi connectivity index (χ3v) is 6.47. The van der Waals surface area contributed by atoms with Gasteiger partial charge in [-0.2, -0.15) is 4.31 Å². The summed E-state index contributed by atoms with van der Waals surface area (Å²) in [6.07, 6.45) is 0.760. The molecule has 1 aromatic carbocycles. The first kappa shape index (κ1) is 15.2. The molecule has 0 fully saturated rings. The van der Waals surface area contributed by atoms with Gasteiger partial charge in [0.05, 0.1) is 4.90 Å². The van der Waals surface area contributed by atoms with E-state index in [1.807, 2.05) is 11.4 Å². The highest BCUT2D eigenvalue weighted by molar-refractivity contribution is 7.89. The number of carbonyl (C=O) groups excluding carboxylic acids is 1. The van der Waals surface area contributed by atoms with Crippen molar-refractivity contribution in [3.05, 3.63) is 46.2 Å². The van der Waals surface area contributed by atoms with Gasteiger partial charge in [-0.05, 0) is 47.7 Å². The lowest BCUT2D eigenvalue weighted by Crippen LogP contribution is -2.35. The fourth-order valence-corrected chi connectivity index (χ4v) is 4.80. The first-order valence-corrected chi connectivity index (χ1v) is 9.22. The third kappa shape index (κ3) is 2.92. The van der Waals surface area contributed by atoms with Crippen molar-refractivity contribution < 1.29 is 13.2 Å². The Kier molecular flexibility index (Phi) is 4.03. The molecule has 0 aliphatic carbocycles. The van der Waals surface area contributed by atoms with Crippen molar-refractivity contribution in [3.8, 4) is 0 Å². The van der Waals surface area contributed by atoms with Crippen molar-refractivity contribution in [2.45, 2.75) is 24.8 Å². The number of sulfonamides is 1. The van der Waals surface area contributed by atoms with E-state index >= 15 is 0 Å². The van der Waals surface area contributed by atoms with Crippen molar-refractivity contribution >= 4 is 33.0 Å². The van der Waals surface area contributed by atoms with Crippen molar-refractivity contribution in [1.29, 1.82) is 0 Å². The van der Waals surface area contributed by atoms with Crippen LogP contribution in [-0.4, -0.2) is 25.2 Å². The molecule has 0 radical (unpaired) electrons. The second kappa shape index (κ2) is 5.83. The summed E-state index contributed by atoms with van der Waals surface area (Å²) in [5, 5.41) is 4.63. The highest BCUT2D eigenvalue weighted by Crippen LogP contribution is 2.28. The number of hydrogen-bond donors (Lipinski definition) is 1. The Hall–Kier alpha value is -1.70. The van der Waals surface area contributed by atoms with Gasteiger partial charge in [0.25, 0.3) is 0 Å². The van der Waals surface area contributed by atoms with Crippen LogP contribution in [-0.2, 0) is 27.8 Å². The highest BCUT2D eigenvalue weighted by Gasteiger charge is 2.28. The molecule has 1 amide bonds. The van der Waals surface area contributed by atoms with Gasteiger partial charge in [0.2, 0.25) is 15.9 Å². The molecule has 0 atom stereocenters. The molecular weight excluding hydrogens is 320 g/mol. The van der Waals surface area contributed by atoms with Crippen LogP contribution in [0.5, 0.6) is 0 Å². The molecule has 0 bridgehead atoms. The first-order chi connectivity index (χ1) is 10.5. The van der Waals surface area contributed by atoms with Gasteiger partial charge in [-0.1, -0.05) is 0 Å². The molecule has 0 saturated heterocycles. The fraction of sp³-hybridized carbons (Fsp3) is 0.267. The minimum Gasteiger partial charge on any atom is -0.326 e. The second-order valence-corrected chi connectivity index (χ2v) is 8.10. The Morgan fingerprint density at radius 1 is 1.23 bits per heavy atom. The average Bonchev–Trinajstić information content (AvgIpc) is 2.94. The molecule has 1 aromatic heterocycles. The van der Waals surface area contributed by atoms with Crippen LogP contribution >= 0.6 is 11.3 Å². The van der Waals surface area contributed by atoms with E-state index in [1.54, 1.807) is 23.5 Å². The summed E-state index contributed by atoms with van der Waals surface area (Å²) in [6.45, 7) is 2.34. The Morgan fingerprint density at radius 2 is 1.95 bits per heavy atom. The lowest BCUT2D eigenvalue weighted by molar-refractivity contribution is -0.114. The topological polar surface area (TPSA) is 66.5 Å². The minimum absolute atomic E-state index is 0.184. The lowest BCUT2D eigenvalue weighted by atomic mass is 10.1. The number of rotatable bonds is 3. The number of amides is 1. The largest absolute Gasteiger partial charge is 0.326 e. The molecule has 1 aliphatic rings. The van der Waals surface area contributed by atoms with Gasteiger partial charge >= 0.3 is 0 Å². The molecule has 116 valence electrons. The smallest absolute Gasteiger partial charge is 0.243 e. The van der Waals surface area contributed by atoms with Crippen LogP contribution in [0.1, 0.15) is 17.4 Å². The Balaban J connectivity index is 1.83. The molecule has 22 heavy (non-hydrogen) atoms. The molecule has 2 heterocycles. The van der Waals surface area contributed by atoms with E-state index in [9.17, 15) is 13.2 Å². The van der Waals surface area contributed by atoms with Gasteiger partial charge in [0, 0.05) is 30.6 Å². The van der Waals surface area contributed by atoms with E-state index in [0.717, 1.165) is 12.0 Å². The van der Waals surface area contributed by atoms with E-state index in [2.05, 4.69) is 5.32 Å². The zero-order chi connectivity index (χ0) is 15.7. The summed E-state index contributed by atoms with van der Waals surface area (Å²) in [4.78, 5) is 12.5. The quantitative estimate of drug-likeness (QED) is 0.936. The first-order valence-electron chi connectivity index (χ1n) is 6.90. The van der Waals surface area contributed by atoms with Crippen LogP contribution in [0.15, 0.2) is 40.6 Å².